The highest BCUT2D eigenvalue weighted by molar-refractivity contribution is 6.25. The summed E-state index contributed by atoms with van der Waals surface area (Å²) in [5.41, 5.74) is 7.81. The fourth-order valence-electron chi connectivity index (χ4n) is 6.32. The van der Waals surface area contributed by atoms with E-state index in [1.54, 1.807) is 0 Å². The van der Waals surface area contributed by atoms with Crippen molar-refractivity contribution in [1.29, 1.82) is 0 Å². The predicted molar refractivity (Wildman–Crippen MR) is 140 cm³/mol. The highest BCUT2D eigenvalue weighted by Crippen LogP contribution is 2.55. The van der Waals surface area contributed by atoms with Gasteiger partial charge in [-0.3, -0.25) is 4.79 Å². The van der Waals surface area contributed by atoms with Crippen LogP contribution in [-0.2, 0) is 17.6 Å². The number of Topliss-reactive ketones (excluding diaryl/α,β-unsaturated/α-hetero) is 1. The van der Waals surface area contributed by atoms with E-state index in [-0.39, 0.29) is 29.5 Å². The van der Waals surface area contributed by atoms with Gasteiger partial charge in [-0.05, 0) is 73.1 Å². The van der Waals surface area contributed by atoms with Crippen molar-refractivity contribution < 1.29 is 9.90 Å². The second-order valence-corrected chi connectivity index (χ2v) is 9.93. The lowest BCUT2D eigenvalue weighted by Gasteiger charge is -2.41. The molecular formula is C31H42O2. The van der Waals surface area contributed by atoms with Crippen molar-refractivity contribution in [3.63, 3.8) is 0 Å². The Hall–Kier alpha value is -2.35. The van der Waals surface area contributed by atoms with Crippen molar-refractivity contribution in [2.75, 3.05) is 0 Å². The number of aryl methyl sites for hydroxylation is 4. The third-order valence-corrected chi connectivity index (χ3v) is 7.91. The highest BCUT2D eigenvalue weighted by atomic mass is 16.3. The van der Waals surface area contributed by atoms with Crippen molar-refractivity contribution in [1.82, 2.24) is 0 Å². The van der Waals surface area contributed by atoms with Crippen LogP contribution < -0.4 is 0 Å². The van der Waals surface area contributed by atoms with E-state index in [0.29, 0.717) is 17.3 Å². The van der Waals surface area contributed by atoms with Crippen molar-refractivity contribution >= 4 is 11.4 Å². The summed E-state index contributed by atoms with van der Waals surface area (Å²) in [5.74, 6) is 1.15. The number of aliphatic hydroxyl groups excluding tert-OH is 1. The SMILES string of the molecule is CC.CCc1cc(C)cc(CC)c1C1=C(O)[C@@H]2C(C)C(c3ccc(C)cc3)CC(C)[C@@H]2C1=O. The van der Waals surface area contributed by atoms with E-state index >= 15 is 0 Å². The van der Waals surface area contributed by atoms with Crippen LogP contribution in [0.1, 0.15) is 87.3 Å². The van der Waals surface area contributed by atoms with E-state index in [2.05, 4.69) is 77.9 Å². The van der Waals surface area contributed by atoms with E-state index in [9.17, 15) is 9.90 Å². The summed E-state index contributed by atoms with van der Waals surface area (Å²) < 4.78 is 0. The third kappa shape index (κ3) is 4.42. The van der Waals surface area contributed by atoms with Crippen molar-refractivity contribution in [3.05, 3.63) is 75.5 Å². The topological polar surface area (TPSA) is 37.3 Å². The van der Waals surface area contributed by atoms with Crippen LogP contribution in [0.3, 0.4) is 0 Å². The molecule has 0 spiro atoms. The fourth-order valence-corrected chi connectivity index (χ4v) is 6.32. The minimum absolute atomic E-state index is 0.0896. The molecule has 4 rings (SSSR count). The van der Waals surface area contributed by atoms with Crippen LogP contribution in [0, 0.1) is 37.5 Å². The molecule has 1 fully saturated rings. The molecule has 0 amide bonds. The highest BCUT2D eigenvalue weighted by Gasteiger charge is 2.53. The van der Waals surface area contributed by atoms with Gasteiger partial charge in [0.05, 0.1) is 5.57 Å². The number of benzene rings is 2. The molecule has 2 nitrogen and oxygen atoms in total. The number of rotatable bonds is 4. The molecule has 1 saturated carbocycles. The van der Waals surface area contributed by atoms with Crippen molar-refractivity contribution in [3.8, 4) is 0 Å². The zero-order valence-electron chi connectivity index (χ0n) is 21.8. The van der Waals surface area contributed by atoms with Crippen LogP contribution in [0.15, 0.2) is 42.2 Å². The van der Waals surface area contributed by atoms with Crippen LogP contribution in [0.4, 0.5) is 0 Å². The van der Waals surface area contributed by atoms with Crippen molar-refractivity contribution in [2.24, 2.45) is 23.7 Å². The summed E-state index contributed by atoms with van der Waals surface area (Å²) in [4.78, 5) is 13.8. The number of hydrogen-bond donors (Lipinski definition) is 1. The van der Waals surface area contributed by atoms with Gasteiger partial charge in [0.25, 0.3) is 0 Å². The molecule has 33 heavy (non-hydrogen) atoms. The van der Waals surface area contributed by atoms with Crippen LogP contribution in [0.2, 0.25) is 0 Å². The minimum Gasteiger partial charge on any atom is -0.511 e. The molecule has 178 valence electrons. The summed E-state index contributed by atoms with van der Waals surface area (Å²) in [6.45, 7) is 16.9. The van der Waals surface area contributed by atoms with Gasteiger partial charge in [0.1, 0.15) is 5.76 Å². The Bertz CT molecular complexity index is 1000. The van der Waals surface area contributed by atoms with Gasteiger partial charge in [0.2, 0.25) is 0 Å². The van der Waals surface area contributed by atoms with Crippen LogP contribution in [0.5, 0.6) is 0 Å². The summed E-state index contributed by atoms with van der Waals surface area (Å²) in [5, 5.41) is 11.6. The molecule has 0 aliphatic heterocycles. The Balaban J connectivity index is 0.00000149. The number of carbonyl (C=O) groups excluding carboxylic acids is 1. The van der Waals surface area contributed by atoms with Gasteiger partial charge in [-0.1, -0.05) is 89.1 Å². The third-order valence-electron chi connectivity index (χ3n) is 7.91. The van der Waals surface area contributed by atoms with Crippen LogP contribution >= 0.6 is 0 Å². The molecule has 2 aliphatic carbocycles. The first kappa shape index (κ1) is 25.3. The lowest BCUT2D eigenvalue weighted by molar-refractivity contribution is -0.121. The average molecular weight is 447 g/mol. The Labute approximate surface area is 201 Å². The maximum absolute atomic E-state index is 13.8. The van der Waals surface area contributed by atoms with E-state index in [0.717, 1.165) is 24.8 Å². The Morgan fingerprint density at radius 2 is 1.42 bits per heavy atom. The first-order chi connectivity index (χ1) is 15.8. The zero-order chi connectivity index (χ0) is 24.4. The minimum atomic E-state index is -0.109. The van der Waals surface area contributed by atoms with Crippen LogP contribution in [-0.4, -0.2) is 10.9 Å². The summed E-state index contributed by atoms with van der Waals surface area (Å²) >= 11 is 0. The Kier molecular flexibility index (Phi) is 7.88. The van der Waals surface area contributed by atoms with E-state index in [4.69, 9.17) is 0 Å². The second-order valence-electron chi connectivity index (χ2n) is 9.93. The van der Waals surface area contributed by atoms with Gasteiger partial charge < -0.3 is 5.11 Å². The van der Waals surface area contributed by atoms with Gasteiger partial charge >= 0.3 is 0 Å². The normalized spacial score (nSPS) is 26.7. The molecule has 0 heterocycles. The molecule has 0 aromatic heterocycles. The number of allylic oxidation sites excluding steroid dienone is 2. The first-order valence-electron chi connectivity index (χ1n) is 12.9. The standard InChI is InChI=1S/C29H36O2.C2H6/c1-7-20-13-17(4)14-21(8-2)26(20)27-28(30)24-18(5)15-23(19(6)25(24)29(27)31)22-11-9-16(3)10-12-22;1-2/h9-14,18-19,23-25,31H,7-8,15H2,1-6H3;1-2H3/t18?,19?,23?,24-,25+;/m0./s1. The molecule has 2 aromatic carbocycles. The summed E-state index contributed by atoms with van der Waals surface area (Å²) in [6.07, 6.45) is 2.72. The molecule has 2 aromatic rings. The van der Waals surface area contributed by atoms with Gasteiger partial charge in [-0.2, -0.15) is 0 Å². The summed E-state index contributed by atoms with van der Waals surface area (Å²) in [6, 6.07) is 13.2. The van der Waals surface area contributed by atoms with Gasteiger partial charge in [-0.15, -0.1) is 0 Å². The van der Waals surface area contributed by atoms with E-state index < -0.39 is 0 Å². The monoisotopic (exact) mass is 446 g/mol. The largest absolute Gasteiger partial charge is 0.511 e. The number of ketones is 1. The number of aliphatic hydroxyl groups is 1. The molecule has 0 bridgehead atoms. The fraction of sp³-hybridized carbons (Fsp3) is 0.516. The molecule has 2 heteroatoms. The lowest BCUT2D eigenvalue weighted by atomic mass is 9.62. The Morgan fingerprint density at radius 1 is 0.879 bits per heavy atom. The first-order valence-corrected chi connectivity index (χ1v) is 12.9. The maximum Gasteiger partial charge on any atom is 0.170 e. The smallest absolute Gasteiger partial charge is 0.170 e. The maximum atomic E-state index is 13.8. The number of carbonyl (C=O) groups is 1. The molecule has 0 radical (unpaired) electrons. The number of hydrogen-bond acceptors (Lipinski definition) is 2. The molecular weight excluding hydrogens is 404 g/mol. The molecule has 1 N–H and O–H groups in total. The molecule has 5 atom stereocenters. The van der Waals surface area contributed by atoms with Crippen molar-refractivity contribution in [2.45, 2.75) is 80.6 Å². The quantitative estimate of drug-likeness (QED) is 0.516. The predicted octanol–water partition coefficient (Wildman–Crippen LogP) is 8.00. The molecule has 3 unspecified atom stereocenters. The van der Waals surface area contributed by atoms with Gasteiger partial charge in [0, 0.05) is 11.8 Å². The van der Waals surface area contributed by atoms with Gasteiger partial charge in [-0.25, -0.2) is 0 Å². The van der Waals surface area contributed by atoms with E-state index in [1.165, 1.54) is 27.8 Å². The van der Waals surface area contributed by atoms with E-state index in [1.807, 2.05) is 13.8 Å². The summed E-state index contributed by atoms with van der Waals surface area (Å²) in [7, 11) is 0. The Morgan fingerprint density at radius 3 is 1.94 bits per heavy atom. The molecule has 2 aliphatic rings. The molecule has 0 saturated heterocycles. The zero-order valence-corrected chi connectivity index (χ0v) is 21.8. The lowest BCUT2D eigenvalue weighted by Crippen LogP contribution is -2.38. The number of fused-ring (bicyclic) bond motifs is 1. The average Bonchev–Trinajstić information content (AvgIpc) is 3.08. The second kappa shape index (κ2) is 10.3. The van der Waals surface area contributed by atoms with Gasteiger partial charge in [0.15, 0.2) is 5.78 Å². The van der Waals surface area contributed by atoms with Crippen LogP contribution in [0.25, 0.3) is 5.57 Å².